The normalized spacial score (nSPS) is 12.0. The van der Waals surface area contributed by atoms with Crippen molar-refractivity contribution in [2.45, 2.75) is 12.6 Å². The topological polar surface area (TPSA) is 81.1 Å². The Kier molecular flexibility index (Phi) is 5.12. The minimum absolute atomic E-state index is 0.188. The van der Waals surface area contributed by atoms with Crippen LogP contribution in [-0.4, -0.2) is 29.3 Å². The monoisotopic (exact) mass is 321 g/mol. The molecule has 3 aromatic rings. The molecule has 0 aliphatic heterocycles. The largest absolute Gasteiger partial charge is 0.490 e. The van der Waals surface area contributed by atoms with Gasteiger partial charge in [0.05, 0.1) is 5.52 Å². The van der Waals surface area contributed by atoms with Gasteiger partial charge in [0.15, 0.2) is 0 Å². The van der Waals surface area contributed by atoms with Crippen LogP contribution in [0.3, 0.4) is 0 Å². The van der Waals surface area contributed by atoms with Crippen LogP contribution in [0.2, 0.25) is 0 Å². The fraction of sp³-hybridized carbons (Fsp3) is 0.211. The van der Waals surface area contributed by atoms with Gasteiger partial charge in [-0.05, 0) is 23.8 Å². The number of fused-ring (bicyclic) bond motifs is 1. The van der Waals surface area contributed by atoms with Crippen LogP contribution in [0.1, 0.15) is 11.3 Å². The van der Waals surface area contributed by atoms with Crippen LogP contribution in [0.15, 0.2) is 54.6 Å². The molecular formula is C19H19N3O2. The van der Waals surface area contributed by atoms with Crippen molar-refractivity contribution in [2.24, 2.45) is 0 Å². The van der Waals surface area contributed by atoms with Crippen LogP contribution >= 0.6 is 0 Å². The highest BCUT2D eigenvalue weighted by atomic mass is 16.5. The molecular weight excluding hydrogens is 302 g/mol. The summed E-state index contributed by atoms with van der Waals surface area (Å²) in [7, 11) is 0. The average Bonchev–Trinajstić information content (AvgIpc) is 3.05. The van der Waals surface area contributed by atoms with E-state index in [0.29, 0.717) is 24.5 Å². The Hall–Kier alpha value is -2.81. The molecule has 2 aromatic carbocycles. The van der Waals surface area contributed by atoms with Crippen molar-refractivity contribution < 1.29 is 9.84 Å². The van der Waals surface area contributed by atoms with Crippen LogP contribution < -0.4 is 10.1 Å². The summed E-state index contributed by atoms with van der Waals surface area (Å²) in [5.41, 5.74) is 2.51. The van der Waals surface area contributed by atoms with E-state index in [0.717, 1.165) is 10.9 Å². The van der Waals surface area contributed by atoms with E-state index in [9.17, 15) is 5.11 Å². The molecule has 5 nitrogen and oxygen atoms in total. The van der Waals surface area contributed by atoms with Crippen molar-refractivity contribution in [1.29, 1.82) is 5.26 Å². The molecule has 1 aromatic heterocycles. The van der Waals surface area contributed by atoms with E-state index in [1.54, 1.807) is 6.07 Å². The molecule has 0 radical (unpaired) electrons. The van der Waals surface area contributed by atoms with E-state index in [1.807, 2.05) is 48.5 Å². The molecule has 3 rings (SSSR count). The number of rotatable bonds is 7. The summed E-state index contributed by atoms with van der Waals surface area (Å²) in [5, 5.41) is 23.1. The molecule has 0 fully saturated rings. The van der Waals surface area contributed by atoms with Gasteiger partial charge in [-0.25, -0.2) is 0 Å². The van der Waals surface area contributed by atoms with Gasteiger partial charge < -0.3 is 20.1 Å². The number of aliphatic hydroxyl groups is 1. The Labute approximate surface area is 140 Å². The summed E-state index contributed by atoms with van der Waals surface area (Å²) in [6.45, 7) is 1.34. The van der Waals surface area contributed by atoms with Gasteiger partial charge in [0, 0.05) is 18.5 Å². The first kappa shape index (κ1) is 16.1. The molecule has 0 saturated carbocycles. The summed E-state index contributed by atoms with van der Waals surface area (Å²) in [6, 6.07) is 19.4. The van der Waals surface area contributed by atoms with Crippen molar-refractivity contribution in [3.8, 4) is 11.8 Å². The van der Waals surface area contributed by atoms with E-state index < -0.39 is 6.10 Å². The number of aromatic amines is 1. The Morgan fingerprint density at radius 2 is 2.00 bits per heavy atom. The van der Waals surface area contributed by atoms with Crippen LogP contribution in [0, 0.1) is 11.3 Å². The maximum Gasteiger partial charge on any atom is 0.128 e. The molecule has 1 unspecified atom stereocenters. The van der Waals surface area contributed by atoms with Crippen LogP contribution in [0.25, 0.3) is 10.9 Å². The summed E-state index contributed by atoms with van der Waals surface area (Å²) in [6.07, 6.45) is -0.613. The predicted molar refractivity (Wildman–Crippen MR) is 92.7 cm³/mol. The van der Waals surface area contributed by atoms with Crippen molar-refractivity contribution in [3.63, 3.8) is 0 Å². The van der Waals surface area contributed by atoms with Gasteiger partial charge in [-0.2, -0.15) is 5.26 Å². The summed E-state index contributed by atoms with van der Waals surface area (Å²) in [5.74, 6) is 0.660. The second-order valence-electron chi connectivity index (χ2n) is 5.59. The van der Waals surface area contributed by atoms with Gasteiger partial charge in [-0.15, -0.1) is 0 Å². The van der Waals surface area contributed by atoms with Gasteiger partial charge in [0.1, 0.15) is 30.2 Å². The lowest BCUT2D eigenvalue weighted by atomic mass is 10.2. The van der Waals surface area contributed by atoms with Gasteiger partial charge in [0.25, 0.3) is 0 Å². The SMILES string of the molecule is N#Cc1cc2c(OCC(O)CNCc3ccccc3)cccc2[nH]1. The average molecular weight is 321 g/mol. The summed E-state index contributed by atoms with van der Waals surface area (Å²) >= 11 is 0. The Morgan fingerprint density at radius 1 is 1.17 bits per heavy atom. The number of hydrogen-bond acceptors (Lipinski definition) is 4. The first-order chi connectivity index (χ1) is 11.8. The first-order valence-corrected chi connectivity index (χ1v) is 7.83. The van der Waals surface area contributed by atoms with Gasteiger partial charge >= 0.3 is 0 Å². The molecule has 0 aliphatic carbocycles. The van der Waals surface area contributed by atoms with Gasteiger partial charge in [0.2, 0.25) is 0 Å². The molecule has 0 spiro atoms. The smallest absolute Gasteiger partial charge is 0.128 e. The number of nitriles is 1. The van der Waals surface area contributed by atoms with Crippen molar-refractivity contribution in [2.75, 3.05) is 13.2 Å². The lowest BCUT2D eigenvalue weighted by Gasteiger charge is -2.14. The van der Waals surface area contributed by atoms with E-state index in [-0.39, 0.29) is 6.61 Å². The zero-order valence-corrected chi connectivity index (χ0v) is 13.2. The molecule has 1 heterocycles. The standard InChI is InChI=1S/C19H19N3O2/c20-10-15-9-17-18(22-15)7-4-8-19(17)24-13-16(23)12-21-11-14-5-2-1-3-6-14/h1-9,16,21-23H,11-13H2. The van der Waals surface area contributed by atoms with Gasteiger partial charge in [-0.1, -0.05) is 36.4 Å². The number of aromatic nitrogens is 1. The lowest BCUT2D eigenvalue weighted by molar-refractivity contribution is 0.107. The third-order valence-corrected chi connectivity index (χ3v) is 3.73. The lowest BCUT2D eigenvalue weighted by Crippen LogP contribution is -2.31. The maximum absolute atomic E-state index is 10.1. The molecule has 24 heavy (non-hydrogen) atoms. The number of benzene rings is 2. The molecule has 0 saturated heterocycles. The first-order valence-electron chi connectivity index (χ1n) is 7.83. The van der Waals surface area contributed by atoms with Crippen molar-refractivity contribution >= 4 is 10.9 Å². The number of H-pyrrole nitrogens is 1. The Balaban J connectivity index is 1.52. The molecule has 1 atom stereocenters. The third kappa shape index (κ3) is 3.93. The molecule has 0 bridgehead atoms. The summed E-state index contributed by atoms with van der Waals surface area (Å²) in [4.78, 5) is 3.01. The molecule has 3 N–H and O–H groups in total. The highest BCUT2D eigenvalue weighted by molar-refractivity contribution is 5.87. The highest BCUT2D eigenvalue weighted by Crippen LogP contribution is 2.26. The van der Waals surface area contributed by atoms with E-state index in [4.69, 9.17) is 10.00 Å². The molecule has 122 valence electrons. The second kappa shape index (κ2) is 7.64. The van der Waals surface area contributed by atoms with Crippen LogP contribution in [0.5, 0.6) is 5.75 Å². The summed E-state index contributed by atoms with van der Waals surface area (Å²) < 4.78 is 5.72. The third-order valence-electron chi connectivity index (χ3n) is 3.73. The van der Waals surface area contributed by atoms with E-state index >= 15 is 0 Å². The quantitative estimate of drug-likeness (QED) is 0.625. The van der Waals surface area contributed by atoms with Gasteiger partial charge in [-0.3, -0.25) is 0 Å². The highest BCUT2D eigenvalue weighted by Gasteiger charge is 2.09. The zero-order valence-electron chi connectivity index (χ0n) is 13.2. The maximum atomic E-state index is 10.1. The number of nitrogens with zero attached hydrogens (tertiary/aromatic N) is 1. The molecule has 0 aliphatic rings. The minimum atomic E-state index is -0.613. The second-order valence-corrected chi connectivity index (χ2v) is 5.59. The number of hydrogen-bond donors (Lipinski definition) is 3. The van der Waals surface area contributed by atoms with Crippen LogP contribution in [0.4, 0.5) is 0 Å². The fourth-order valence-electron chi connectivity index (χ4n) is 2.54. The number of aliphatic hydroxyl groups excluding tert-OH is 1. The van der Waals surface area contributed by atoms with E-state index in [2.05, 4.69) is 16.4 Å². The number of ether oxygens (including phenoxy) is 1. The molecule has 0 amide bonds. The zero-order chi connectivity index (χ0) is 16.8. The molecule has 5 heteroatoms. The predicted octanol–water partition coefficient (Wildman–Crippen LogP) is 2.57. The van der Waals surface area contributed by atoms with Crippen molar-refractivity contribution in [3.05, 3.63) is 65.9 Å². The Bertz CT molecular complexity index is 837. The number of nitrogens with one attached hydrogen (secondary N) is 2. The minimum Gasteiger partial charge on any atom is -0.490 e. The van der Waals surface area contributed by atoms with Crippen molar-refractivity contribution in [1.82, 2.24) is 10.3 Å². The van der Waals surface area contributed by atoms with Crippen LogP contribution in [-0.2, 0) is 6.54 Å². The Morgan fingerprint density at radius 3 is 2.79 bits per heavy atom. The van der Waals surface area contributed by atoms with E-state index in [1.165, 1.54) is 5.56 Å². The fourth-order valence-corrected chi connectivity index (χ4v) is 2.54.